The molecule has 0 saturated carbocycles. The molecule has 0 bridgehead atoms. The molecule has 0 amide bonds. The van der Waals surface area contributed by atoms with E-state index in [-0.39, 0.29) is 25.6 Å². The Labute approximate surface area is 511 Å². The van der Waals surface area contributed by atoms with E-state index in [1.807, 2.05) is 21.1 Å². The topological polar surface area (TPSA) is 108 Å². The number of phosphoric ester groups is 1. The van der Waals surface area contributed by atoms with E-state index >= 15 is 0 Å². The van der Waals surface area contributed by atoms with Crippen molar-refractivity contribution in [3.05, 3.63) is 12.2 Å². The first-order valence-electron chi connectivity index (χ1n) is 36.4. The molecule has 0 aliphatic heterocycles. The Morgan fingerprint density at radius 2 is 0.622 bits per heavy atom. The Bertz CT molecular complexity index is 1390. The van der Waals surface area contributed by atoms with Crippen LogP contribution in [0, 0.1) is 0 Å². The van der Waals surface area contributed by atoms with E-state index in [0.29, 0.717) is 23.9 Å². The minimum atomic E-state index is -4.39. The minimum Gasteiger partial charge on any atom is -0.462 e. The van der Waals surface area contributed by atoms with E-state index in [4.69, 9.17) is 18.5 Å². The molecule has 0 heterocycles. The van der Waals surface area contributed by atoms with Crippen LogP contribution in [-0.4, -0.2) is 74.9 Å². The number of nitrogens with zero attached hydrogens (tertiary/aromatic N) is 1. The Morgan fingerprint density at radius 3 is 0.902 bits per heavy atom. The molecule has 10 heteroatoms. The zero-order valence-electron chi connectivity index (χ0n) is 55.8. The fourth-order valence-corrected chi connectivity index (χ4v) is 11.9. The summed E-state index contributed by atoms with van der Waals surface area (Å²) in [6.45, 7) is 4.52. The second-order valence-corrected chi connectivity index (χ2v) is 27.8. The summed E-state index contributed by atoms with van der Waals surface area (Å²) in [5.74, 6) is -0.773. The first kappa shape index (κ1) is 80.8. The first-order chi connectivity index (χ1) is 40.0. The molecule has 0 aromatic carbocycles. The van der Waals surface area contributed by atoms with Gasteiger partial charge in [0.05, 0.1) is 27.7 Å². The van der Waals surface area contributed by atoms with Crippen molar-refractivity contribution in [2.75, 3.05) is 47.5 Å². The maximum atomic E-state index is 12.9. The van der Waals surface area contributed by atoms with Gasteiger partial charge in [-0.15, -0.1) is 0 Å². The molecule has 0 radical (unpaired) electrons. The highest BCUT2D eigenvalue weighted by Crippen LogP contribution is 2.43. The van der Waals surface area contributed by atoms with Gasteiger partial charge in [0, 0.05) is 12.8 Å². The van der Waals surface area contributed by atoms with Crippen LogP contribution >= 0.6 is 7.82 Å². The Balaban J connectivity index is 3.92. The number of hydrogen-bond donors (Lipinski definition) is 1. The SMILES string of the molecule is CCCCCCCCCC/C=C\CCCCCCCCCCCCCC(=O)OC(COC(=O)CCCCCCCCCCCCCCCCCCCCCCCCCCCCCCCCCCCCC)COP(=O)(O)OCC[N+](C)(C)C. The molecule has 0 aliphatic carbocycles. The van der Waals surface area contributed by atoms with Crippen LogP contribution < -0.4 is 0 Å². The third-order valence-electron chi connectivity index (χ3n) is 16.8. The van der Waals surface area contributed by atoms with Gasteiger partial charge in [-0.05, 0) is 38.5 Å². The van der Waals surface area contributed by atoms with Crippen molar-refractivity contribution in [2.24, 2.45) is 0 Å². The van der Waals surface area contributed by atoms with Crippen LogP contribution in [0.5, 0.6) is 0 Å². The van der Waals surface area contributed by atoms with Crippen molar-refractivity contribution in [3.8, 4) is 0 Å². The quantitative estimate of drug-likeness (QED) is 0.0211. The van der Waals surface area contributed by atoms with Crippen LogP contribution in [-0.2, 0) is 32.7 Å². The highest BCUT2D eigenvalue weighted by atomic mass is 31.2. The Hall–Kier alpha value is -1.25. The molecular formula is C72H143NO8P+. The molecule has 1 N–H and O–H groups in total. The lowest BCUT2D eigenvalue weighted by atomic mass is 10.0. The van der Waals surface area contributed by atoms with Gasteiger partial charge in [0.2, 0.25) is 0 Å². The molecule has 82 heavy (non-hydrogen) atoms. The van der Waals surface area contributed by atoms with Crippen molar-refractivity contribution >= 4 is 19.8 Å². The number of carbonyl (C=O) groups is 2. The van der Waals surface area contributed by atoms with Crippen LogP contribution in [0.15, 0.2) is 12.2 Å². The second kappa shape index (κ2) is 64.2. The number of rotatable bonds is 69. The average Bonchev–Trinajstić information content (AvgIpc) is 3.46. The predicted molar refractivity (Wildman–Crippen MR) is 354 cm³/mol. The standard InChI is InChI=1S/C72H142NO8P/c1-6-8-10-12-14-16-18-20-22-24-26-28-30-31-32-33-34-35-36-37-38-39-40-41-43-44-46-48-50-52-54-56-58-60-62-64-71(74)78-68-70(69-80-82(76,77)79-67-66-73(3,4)5)81-72(75)65-63-61-59-57-55-53-51-49-47-45-42-29-27-25-23-21-19-17-15-13-11-9-7-2/h25,27,70H,6-24,26,28-69H2,1-5H3/p+1/b27-25-. The van der Waals surface area contributed by atoms with Gasteiger partial charge in [0.15, 0.2) is 6.10 Å². The maximum Gasteiger partial charge on any atom is 0.472 e. The van der Waals surface area contributed by atoms with E-state index in [1.165, 1.54) is 321 Å². The molecule has 0 aliphatic rings. The summed E-state index contributed by atoms with van der Waals surface area (Å²) in [5.41, 5.74) is 0. The Morgan fingerprint density at radius 1 is 0.366 bits per heavy atom. The number of quaternary nitrogens is 1. The minimum absolute atomic E-state index is 0.0357. The lowest BCUT2D eigenvalue weighted by Crippen LogP contribution is -2.37. The van der Waals surface area contributed by atoms with Crippen molar-refractivity contribution in [3.63, 3.8) is 0 Å². The molecule has 0 spiro atoms. The van der Waals surface area contributed by atoms with Gasteiger partial charge in [0.1, 0.15) is 19.8 Å². The van der Waals surface area contributed by atoms with E-state index in [2.05, 4.69) is 26.0 Å². The lowest BCUT2D eigenvalue weighted by Gasteiger charge is -2.24. The number of ether oxygens (including phenoxy) is 2. The third kappa shape index (κ3) is 67.9. The molecule has 0 aromatic heterocycles. The lowest BCUT2D eigenvalue weighted by molar-refractivity contribution is -0.870. The summed E-state index contributed by atoms with van der Waals surface area (Å²) < 4.78 is 34.7. The summed E-state index contributed by atoms with van der Waals surface area (Å²) in [6, 6.07) is 0. The van der Waals surface area contributed by atoms with E-state index in [1.54, 1.807) is 0 Å². The van der Waals surface area contributed by atoms with E-state index < -0.39 is 26.5 Å². The number of allylic oxidation sites excluding steroid dienone is 2. The van der Waals surface area contributed by atoms with Crippen LogP contribution in [0.4, 0.5) is 0 Å². The molecule has 2 unspecified atom stereocenters. The predicted octanol–water partition coefficient (Wildman–Crippen LogP) is 23.5. The second-order valence-electron chi connectivity index (χ2n) is 26.3. The number of hydrogen-bond acceptors (Lipinski definition) is 7. The van der Waals surface area contributed by atoms with Gasteiger partial charge in [-0.2, -0.15) is 0 Å². The van der Waals surface area contributed by atoms with Crippen molar-refractivity contribution in [1.82, 2.24) is 0 Å². The molecule has 0 aromatic rings. The van der Waals surface area contributed by atoms with E-state index in [9.17, 15) is 19.0 Å². The highest BCUT2D eigenvalue weighted by Gasteiger charge is 2.27. The molecule has 0 rings (SSSR count). The van der Waals surface area contributed by atoms with Gasteiger partial charge >= 0.3 is 19.8 Å². The molecule has 2 atom stereocenters. The van der Waals surface area contributed by atoms with Crippen molar-refractivity contribution < 1.29 is 42.1 Å². The van der Waals surface area contributed by atoms with Gasteiger partial charge in [-0.1, -0.05) is 347 Å². The number of esters is 2. The number of phosphoric acid groups is 1. The third-order valence-corrected chi connectivity index (χ3v) is 17.8. The summed E-state index contributed by atoms with van der Waals surface area (Å²) >= 11 is 0. The summed E-state index contributed by atoms with van der Waals surface area (Å²) in [6.07, 6.45) is 79.1. The number of carbonyl (C=O) groups excluding carboxylic acids is 2. The summed E-state index contributed by atoms with van der Waals surface area (Å²) in [4.78, 5) is 35.9. The molecular weight excluding hydrogens is 1040 g/mol. The number of likely N-dealkylation sites (N-methyl/N-ethyl adjacent to an activating group) is 1. The zero-order chi connectivity index (χ0) is 59.8. The van der Waals surface area contributed by atoms with Gasteiger partial charge < -0.3 is 18.9 Å². The van der Waals surface area contributed by atoms with Crippen molar-refractivity contribution in [2.45, 2.75) is 392 Å². The molecule has 488 valence electrons. The average molecular weight is 1180 g/mol. The molecule has 0 saturated heterocycles. The normalized spacial score (nSPS) is 13.1. The van der Waals surface area contributed by atoms with Gasteiger partial charge in [0.25, 0.3) is 0 Å². The molecule has 9 nitrogen and oxygen atoms in total. The highest BCUT2D eigenvalue weighted by molar-refractivity contribution is 7.47. The van der Waals surface area contributed by atoms with Crippen LogP contribution in [0.1, 0.15) is 386 Å². The van der Waals surface area contributed by atoms with Crippen LogP contribution in [0.2, 0.25) is 0 Å². The summed E-state index contributed by atoms with van der Waals surface area (Å²) in [7, 11) is 1.50. The zero-order valence-corrected chi connectivity index (χ0v) is 56.7. The fraction of sp³-hybridized carbons (Fsp3) is 0.944. The molecule has 0 fully saturated rings. The first-order valence-corrected chi connectivity index (χ1v) is 37.9. The van der Waals surface area contributed by atoms with Crippen LogP contribution in [0.25, 0.3) is 0 Å². The maximum absolute atomic E-state index is 12.9. The number of unbranched alkanes of at least 4 members (excludes halogenated alkanes) is 53. The summed E-state index contributed by atoms with van der Waals surface area (Å²) in [5, 5.41) is 0. The largest absolute Gasteiger partial charge is 0.472 e. The smallest absolute Gasteiger partial charge is 0.462 e. The fourth-order valence-electron chi connectivity index (χ4n) is 11.2. The van der Waals surface area contributed by atoms with Gasteiger partial charge in [-0.3, -0.25) is 18.6 Å². The Kier molecular flexibility index (Phi) is 63.3. The van der Waals surface area contributed by atoms with E-state index in [0.717, 1.165) is 32.1 Å². The van der Waals surface area contributed by atoms with Gasteiger partial charge in [-0.25, -0.2) is 4.57 Å². The van der Waals surface area contributed by atoms with Crippen molar-refractivity contribution in [1.29, 1.82) is 0 Å². The monoisotopic (exact) mass is 1180 g/mol. The van der Waals surface area contributed by atoms with Crippen LogP contribution in [0.3, 0.4) is 0 Å².